The fourth-order valence-corrected chi connectivity index (χ4v) is 2.40. The predicted molar refractivity (Wildman–Crippen MR) is 62.0 cm³/mol. The van der Waals surface area contributed by atoms with Gasteiger partial charge in [-0.25, -0.2) is 4.39 Å². The number of aliphatic hydroxyl groups is 1. The Bertz CT molecular complexity index is 399. The monoisotopic (exact) mass is 243 g/mol. The third-order valence-corrected chi connectivity index (χ3v) is 3.52. The largest absolute Gasteiger partial charge is 0.384 e. The average molecular weight is 244 g/mol. The van der Waals surface area contributed by atoms with E-state index in [0.29, 0.717) is 18.5 Å². The Hall–Kier alpha value is -0.640. The summed E-state index contributed by atoms with van der Waals surface area (Å²) in [6, 6.07) is 4.78. The number of benzene rings is 1. The molecule has 0 saturated carbocycles. The molecule has 1 saturated heterocycles. The number of hydrogen-bond acceptors (Lipinski definition) is 2. The summed E-state index contributed by atoms with van der Waals surface area (Å²) in [5.74, 6) is -0.496. The lowest BCUT2D eigenvalue weighted by atomic mass is 9.92. The van der Waals surface area contributed by atoms with Gasteiger partial charge >= 0.3 is 0 Å². The third-order valence-electron chi connectivity index (χ3n) is 3.23. The van der Waals surface area contributed by atoms with Gasteiger partial charge in [-0.15, -0.1) is 0 Å². The van der Waals surface area contributed by atoms with Gasteiger partial charge in [0.2, 0.25) is 0 Å². The number of halogens is 2. The van der Waals surface area contributed by atoms with Crippen molar-refractivity contribution in [2.24, 2.45) is 0 Å². The maximum atomic E-state index is 13.8. The molecule has 1 N–H and O–H groups in total. The molecule has 16 heavy (non-hydrogen) atoms. The number of likely N-dealkylation sites (tertiary alicyclic amines) is 1. The summed E-state index contributed by atoms with van der Waals surface area (Å²) >= 11 is 5.72. The second-order valence-corrected chi connectivity index (χ2v) is 4.66. The number of rotatable bonds is 2. The summed E-state index contributed by atoms with van der Waals surface area (Å²) in [6.45, 7) is 4.16. The van der Waals surface area contributed by atoms with Crippen molar-refractivity contribution in [1.29, 1.82) is 0 Å². The minimum Gasteiger partial charge on any atom is -0.384 e. The van der Waals surface area contributed by atoms with Crippen LogP contribution in [0.5, 0.6) is 0 Å². The van der Waals surface area contributed by atoms with Gasteiger partial charge in [0.25, 0.3) is 0 Å². The minimum absolute atomic E-state index is 0.0703. The van der Waals surface area contributed by atoms with E-state index in [1.165, 1.54) is 6.07 Å². The van der Waals surface area contributed by atoms with Crippen molar-refractivity contribution >= 4 is 11.6 Å². The van der Waals surface area contributed by atoms with Crippen molar-refractivity contribution < 1.29 is 9.50 Å². The van der Waals surface area contributed by atoms with Crippen LogP contribution in [0.3, 0.4) is 0 Å². The number of hydrogen-bond donors (Lipinski definition) is 1. The van der Waals surface area contributed by atoms with E-state index < -0.39 is 11.4 Å². The molecule has 0 spiro atoms. The van der Waals surface area contributed by atoms with E-state index in [1.807, 2.05) is 6.92 Å². The number of β-amino-alcohol motifs (C(OH)–C–C–N with tert-alkyl or cyclic N) is 1. The van der Waals surface area contributed by atoms with E-state index in [4.69, 9.17) is 11.6 Å². The Balaban J connectivity index is 2.34. The van der Waals surface area contributed by atoms with Gasteiger partial charge in [-0.05, 0) is 19.0 Å². The molecule has 1 aliphatic heterocycles. The molecule has 0 aromatic heterocycles. The molecule has 88 valence electrons. The molecule has 2 rings (SSSR count). The van der Waals surface area contributed by atoms with Gasteiger partial charge in [-0.1, -0.05) is 30.7 Å². The van der Waals surface area contributed by atoms with Gasteiger partial charge < -0.3 is 10.0 Å². The highest BCUT2D eigenvalue weighted by molar-refractivity contribution is 6.30. The Labute approximate surface area is 99.6 Å². The lowest BCUT2D eigenvalue weighted by molar-refractivity contribution is 0.0431. The maximum absolute atomic E-state index is 13.8. The lowest BCUT2D eigenvalue weighted by Gasteiger charge is -2.24. The van der Waals surface area contributed by atoms with Crippen LogP contribution in [0.4, 0.5) is 4.39 Å². The van der Waals surface area contributed by atoms with Crippen molar-refractivity contribution in [3.05, 3.63) is 34.6 Å². The van der Waals surface area contributed by atoms with Gasteiger partial charge in [0, 0.05) is 18.7 Å². The van der Waals surface area contributed by atoms with E-state index >= 15 is 0 Å². The Kier molecular flexibility index (Phi) is 3.19. The van der Waals surface area contributed by atoms with Crippen molar-refractivity contribution in [3.63, 3.8) is 0 Å². The molecular weight excluding hydrogens is 229 g/mol. The first-order chi connectivity index (χ1) is 7.57. The van der Waals surface area contributed by atoms with E-state index in [1.54, 1.807) is 12.1 Å². The van der Waals surface area contributed by atoms with Gasteiger partial charge in [0.05, 0.1) is 5.02 Å². The molecular formula is C12H15ClFNO. The minimum atomic E-state index is -1.09. The molecule has 1 aromatic carbocycles. The maximum Gasteiger partial charge on any atom is 0.147 e. The van der Waals surface area contributed by atoms with Crippen molar-refractivity contribution in [1.82, 2.24) is 4.90 Å². The summed E-state index contributed by atoms with van der Waals surface area (Å²) in [5, 5.41) is 10.5. The highest BCUT2D eigenvalue weighted by Gasteiger charge is 2.39. The lowest BCUT2D eigenvalue weighted by Crippen LogP contribution is -2.31. The SMILES string of the molecule is CCN1CCC(O)(c2cccc(Cl)c2F)C1. The summed E-state index contributed by atoms with van der Waals surface area (Å²) < 4.78 is 13.8. The standard InChI is InChI=1S/C12H15ClFNO/c1-2-15-7-6-12(16,8-15)9-4-3-5-10(13)11(9)14/h3-5,16H,2,6-8H2,1H3. The topological polar surface area (TPSA) is 23.5 Å². The first-order valence-corrected chi connectivity index (χ1v) is 5.84. The van der Waals surface area contributed by atoms with Crippen LogP contribution in [0.2, 0.25) is 5.02 Å². The summed E-state index contributed by atoms with van der Waals surface area (Å²) in [7, 11) is 0. The molecule has 1 fully saturated rings. The molecule has 1 heterocycles. The summed E-state index contributed by atoms with van der Waals surface area (Å²) in [5.41, 5.74) is -0.777. The van der Waals surface area contributed by atoms with E-state index in [9.17, 15) is 9.50 Å². The zero-order valence-electron chi connectivity index (χ0n) is 9.21. The highest BCUT2D eigenvalue weighted by Crippen LogP contribution is 2.35. The first-order valence-electron chi connectivity index (χ1n) is 5.46. The van der Waals surface area contributed by atoms with Crippen LogP contribution in [0.1, 0.15) is 18.9 Å². The normalized spacial score (nSPS) is 26.2. The van der Waals surface area contributed by atoms with E-state index in [0.717, 1.165) is 13.1 Å². The van der Waals surface area contributed by atoms with Gasteiger partial charge in [-0.2, -0.15) is 0 Å². The van der Waals surface area contributed by atoms with Crippen molar-refractivity contribution in [2.75, 3.05) is 19.6 Å². The number of likely N-dealkylation sites (N-methyl/N-ethyl adjacent to an activating group) is 1. The second kappa shape index (κ2) is 4.32. The zero-order valence-corrected chi connectivity index (χ0v) is 9.97. The van der Waals surface area contributed by atoms with Crippen LogP contribution in [-0.4, -0.2) is 29.6 Å². The molecule has 0 bridgehead atoms. The van der Waals surface area contributed by atoms with Crippen LogP contribution in [0, 0.1) is 5.82 Å². The third kappa shape index (κ3) is 1.95. The summed E-state index contributed by atoms with van der Waals surface area (Å²) in [4.78, 5) is 2.10. The van der Waals surface area contributed by atoms with Crippen molar-refractivity contribution in [2.45, 2.75) is 18.9 Å². The van der Waals surface area contributed by atoms with Crippen LogP contribution in [-0.2, 0) is 5.60 Å². The molecule has 1 aromatic rings. The van der Waals surface area contributed by atoms with Crippen LogP contribution in [0.15, 0.2) is 18.2 Å². The molecule has 1 unspecified atom stereocenters. The Morgan fingerprint density at radius 2 is 2.31 bits per heavy atom. The molecule has 2 nitrogen and oxygen atoms in total. The van der Waals surface area contributed by atoms with E-state index in [-0.39, 0.29) is 5.02 Å². The predicted octanol–water partition coefficient (Wildman–Crippen LogP) is 2.39. The van der Waals surface area contributed by atoms with Gasteiger partial charge in [-0.3, -0.25) is 0 Å². The molecule has 1 atom stereocenters. The first kappa shape index (κ1) is 11.8. The molecule has 1 aliphatic rings. The van der Waals surface area contributed by atoms with Crippen LogP contribution >= 0.6 is 11.6 Å². The molecule has 0 amide bonds. The van der Waals surface area contributed by atoms with Gasteiger partial charge in [0.1, 0.15) is 11.4 Å². The van der Waals surface area contributed by atoms with Crippen LogP contribution in [0.25, 0.3) is 0 Å². The van der Waals surface area contributed by atoms with E-state index in [2.05, 4.69) is 4.90 Å². The number of nitrogens with zero attached hydrogens (tertiary/aromatic N) is 1. The second-order valence-electron chi connectivity index (χ2n) is 4.25. The Morgan fingerprint density at radius 3 is 2.94 bits per heavy atom. The average Bonchev–Trinajstić information content (AvgIpc) is 2.65. The fraction of sp³-hybridized carbons (Fsp3) is 0.500. The van der Waals surface area contributed by atoms with Crippen LogP contribution < -0.4 is 0 Å². The molecule has 0 radical (unpaired) electrons. The fourth-order valence-electron chi connectivity index (χ4n) is 2.22. The molecule has 0 aliphatic carbocycles. The van der Waals surface area contributed by atoms with Gasteiger partial charge in [0.15, 0.2) is 0 Å². The highest BCUT2D eigenvalue weighted by atomic mass is 35.5. The zero-order chi connectivity index (χ0) is 11.8. The van der Waals surface area contributed by atoms with Crippen molar-refractivity contribution in [3.8, 4) is 0 Å². The molecule has 4 heteroatoms. The quantitative estimate of drug-likeness (QED) is 0.862. The smallest absolute Gasteiger partial charge is 0.147 e. The summed E-state index contributed by atoms with van der Waals surface area (Å²) in [6.07, 6.45) is 0.554. The Morgan fingerprint density at radius 1 is 1.56 bits per heavy atom.